The molecule has 0 saturated carbocycles. The van der Waals surface area contributed by atoms with Gasteiger partial charge >= 0.3 is 0 Å². The monoisotopic (exact) mass is 450 g/mol. The predicted octanol–water partition coefficient (Wildman–Crippen LogP) is 5.17. The Morgan fingerprint density at radius 1 is 1.10 bits per heavy atom. The Labute approximate surface area is 185 Å². The molecule has 1 aromatic carbocycles. The second-order valence-electron chi connectivity index (χ2n) is 8.92. The van der Waals surface area contributed by atoms with Crippen molar-refractivity contribution in [2.24, 2.45) is 5.92 Å². The lowest BCUT2D eigenvalue weighted by Crippen LogP contribution is -2.40. The lowest BCUT2D eigenvalue weighted by atomic mass is 10.0. The quantitative estimate of drug-likeness (QED) is 0.603. The van der Waals surface area contributed by atoms with Crippen molar-refractivity contribution in [1.82, 2.24) is 9.62 Å². The summed E-state index contributed by atoms with van der Waals surface area (Å²) in [5, 5.41) is 0. The molecule has 0 fully saturated rings. The van der Waals surface area contributed by atoms with Crippen LogP contribution in [0.2, 0.25) is 0 Å². The first-order chi connectivity index (χ1) is 13.9. The zero-order chi connectivity index (χ0) is 22.7. The van der Waals surface area contributed by atoms with E-state index in [9.17, 15) is 13.2 Å². The van der Waals surface area contributed by atoms with Gasteiger partial charge in [0, 0.05) is 34.6 Å². The van der Waals surface area contributed by atoms with Crippen LogP contribution in [0.25, 0.3) is 11.1 Å². The molecule has 0 saturated heterocycles. The van der Waals surface area contributed by atoms with E-state index in [1.54, 1.807) is 17.0 Å². The molecule has 0 spiro atoms. The molecule has 0 radical (unpaired) electrons. The van der Waals surface area contributed by atoms with Gasteiger partial charge in [0.15, 0.2) is 0 Å². The largest absolute Gasteiger partial charge is 0.339 e. The van der Waals surface area contributed by atoms with Crippen molar-refractivity contribution in [2.45, 2.75) is 64.6 Å². The molecule has 7 heteroatoms. The first-order valence-electron chi connectivity index (χ1n) is 10.4. The molecule has 0 aliphatic carbocycles. The Hall–Kier alpha value is -1.70. The minimum Gasteiger partial charge on any atom is -0.339 e. The van der Waals surface area contributed by atoms with Gasteiger partial charge in [-0.25, -0.2) is 13.1 Å². The van der Waals surface area contributed by atoms with E-state index in [-0.39, 0.29) is 5.91 Å². The maximum absolute atomic E-state index is 13.1. The summed E-state index contributed by atoms with van der Waals surface area (Å²) in [7, 11) is -3.67. The Kier molecular flexibility index (Phi) is 7.88. The molecule has 166 valence electrons. The van der Waals surface area contributed by atoms with Crippen LogP contribution in [-0.2, 0) is 16.4 Å². The summed E-state index contributed by atoms with van der Waals surface area (Å²) in [6.45, 7) is 15.0. The van der Waals surface area contributed by atoms with Gasteiger partial charge in [-0.15, -0.1) is 11.3 Å². The third kappa shape index (κ3) is 6.15. The van der Waals surface area contributed by atoms with Gasteiger partial charge in [-0.3, -0.25) is 4.79 Å². The molecule has 1 amide bonds. The summed E-state index contributed by atoms with van der Waals surface area (Å²) < 4.78 is 29.3. The average molecular weight is 451 g/mol. The van der Waals surface area contributed by atoms with Crippen molar-refractivity contribution >= 4 is 27.3 Å². The minimum atomic E-state index is -3.67. The van der Waals surface area contributed by atoms with Gasteiger partial charge in [-0.05, 0) is 70.7 Å². The second-order valence-corrected chi connectivity index (χ2v) is 11.9. The fourth-order valence-electron chi connectivity index (χ4n) is 3.26. The first kappa shape index (κ1) is 24.6. The number of hydrogen-bond acceptors (Lipinski definition) is 4. The zero-order valence-corrected chi connectivity index (χ0v) is 20.7. The van der Waals surface area contributed by atoms with E-state index in [1.807, 2.05) is 52.8 Å². The number of nitrogens with one attached hydrogen (secondary N) is 1. The molecule has 0 bridgehead atoms. The van der Waals surface area contributed by atoms with E-state index in [0.29, 0.717) is 34.3 Å². The molecule has 2 aromatic rings. The lowest BCUT2D eigenvalue weighted by Gasteiger charge is -2.20. The Bertz CT molecular complexity index is 965. The number of rotatable bonds is 8. The van der Waals surface area contributed by atoms with Gasteiger partial charge in [0.2, 0.25) is 0 Å². The van der Waals surface area contributed by atoms with E-state index in [4.69, 9.17) is 0 Å². The van der Waals surface area contributed by atoms with E-state index in [0.717, 1.165) is 16.9 Å². The molecule has 30 heavy (non-hydrogen) atoms. The van der Waals surface area contributed by atoms with Gasteiger partial charge in [0.1, 0.15) is 4.21 Å². The van der Waals surface area contributed by atoms with Crippen molar-refractivity contribution in [3.8, 4) is 11.1 Å². The number of amides is 1. The van der Waals surface area contributed by atoms with Gasteiger partial charge in [0.25, 0.3) is 15.9 Å². The summed E-state index contributed by atoms with van der Waals surface area (Å²) in [6.07, 6.45) is 0.821. The molecular weight excluding hydrogens is 416 g/mol. The predicted molar refractivity (Wildman–Crippen MR) is 126 cm³/mol. The molecular formula is C23H34N2O3S2. The number of nitrogens with zero attached hydrogens (tertiary/aromatic N) is 1. The van der Waals surface area contributed by atoms with Crippen molar-refractivity contribution in [1.29, 1.82) is 0 Å². The summed E-state index contributed by atoms with van der Waals surface area (Å²) in [5.41, 5.74) is 1.52. The highest BCUT2D eigenvalue weighted by Crippen LogP contribution is 2.37. The van der Waals surface area contributed by atoms with E-state index >= 15 is 0 Å². The SMILES string of the molecule is CCN(CC)C(=O)c1ccc(-c2cc(CC(C)C)sc2S(=O)(=O)NC(C)(C)C)cc1. The van der Waals surface area contributed by atoms with Gasteiger partial charge < -0.3 is 4.90 Å². The van der Waals surface area contributed by atoms with Crippen LogP contribution < -0.4 is 4.72 Å². The number of thiophene rings is 1. The number of carbonyl (C=O) groups is 1. The van der Waals surface area contributed by atoms with E-state index in [2.05, 4.69) is 18.6 Å². The summed E-state index contributed by atoms with van der Waals surface area (Å²) in [4.78, 5) is 15.4. The molecule has 0 atom stereocenters. The number of hydrogen-bond donors (Lipinski definition) is 1. The summed E-state index contributed by atoms with van der Waals surface area (Å²) in [6, 6.07) is 9.22. The van der Waals surface area contributed by atoms with Crippen molar-refractivity contribution in [2.75, 3.05) is 13.1 Å². The highest BCUT2D eigenvalue weighted by atomic mass is 32.2. The molecule has 1 aromatic heterocycles. The van der Waals surface area contributed by atoms with Crippen LogP contribution in [0.1, 0.15) is 63.7 Å². The number of benzene rings is 1. The third-order valence-electron chi connectivity index (χ3n) is 4.54. The number of sulfonamides is 1. The first-order valence-corrected chi connectivity index (χ1v) is 12.7. The molecule has 0 unspecified atom stereocenters. The van der Waals surface area contributed by atoms with Crippen LogP contribution in [0.15, 0.2) is 34.5 Å². The fourth-order valence-corrected chi connectivity index (χ4v) is 6.63. The van der Waals surface area contributed by atoms with Crippen molar-refractivity contribution < 1.29 is 13.2 Å². The van der Waals surface area contributed by atoms with Crippen LogP contribution in [0.5, 0.6) is 0 Å². The second kappa shape index (κ2) is 9.62. The average Bonchev–Trinajstić information content (AvgIpc) is 3.05. The fraction of sp³-hybridized carbons (Fsp3) is 0.522. The van der Waals surface area contributed by atoms with Crippen molar-refractivity contribution in [3.05, 3.63) is 40.8 Å². The smallest absolute Gasteiger partial charge is 0.253 e. The van der Waals surface area contributed by atoms with Gasteiger partial charge in [-0.1, -0.05) is 26.0 Å². The lowest BCUT2D eigenvalue weighted by molar-refractivity contribution is 0.0773. The Morgan fingerprint density at radius 3 is 2.13 bits per heavy atom. The molecule has 1 N–H and O–H groups in total. The summed E-state index contributed by atoms with van der Waals surface area (Å²) in [5.74, 6) is 0.413. The van der Waals surface area contributed by atoms with Crippen LogP contribution in [-0.4, -0.2) is 37.9 Å². The topological polar surface area (TPSA) is 66.5 Å². The Balaban J connectivity index is 2.49. The molecule has 1 heterocycles. The maximum Gasteiger partial charge on any atom is 0.253 e. The third-order valence-corrected chi connectivity index (χ3v) is 7.99. The zero-order valence-electron chi connectivity index (χ0n) is 19.1. The van der Waals surface area contributed by atoms with Crippen LogP contribution in [0.3, 0.4) is 0 Å². The standard InChI is InChI=1S/C23H34N2O3S2/c1-8-25(9-2)21(26)18-12-10-17(11-13-18)20-15-19(14-16(3)4)29-22(20)30(27,28)24-23(5,6)7/h10-13,15-16,24H,8-9,14H2,1-7H3. The Morgan fingerprint density at radius 2 is 1.67 bits per heavy atom. The molecule has 2 rings (SSSR count). The summed E-state index contributed by atoms with van der Waals surface area (Å²) >= 11 is 1.33. The van der Waals surface area contributed by atoms with Gasteiger partial charge in [-0.2, -0.15) is 0 Å². The highest BCUT2D eigenvalue weighted by molar-refractivity contribution is 7.91. The van der Waals surface area contributed by atoms with E-state index < -0.39 is 15.6 Å². The van der Waals surface area contributed by atoms with Crippen LogP contribution >= 0.6 is 11.3 Å². The maximum atomic E-state index is 13.1. The minimum absolute atomic E-state index is 0.0143. The van der Waals surface area contributed by atoms with Gasteiger partial charge in [0.05, 0.1) is 0 Å². The molecule has 5 nitrogen and oxygen atoms in total. The van der Waals surface area contributed by atoms with Crippen LogP contribution in [0, 0.1) is 5.92 Å². The highest BCUT2D eigenvalue weighted by Gasteiger charge is 2.28. The number of carbonyl (C=O) groups excluding carboxylic acids is 1. The molecule has 0 aliphatic rings. The normalized spacial score (nSPS) is 12.4. The van der Waals surface area contributed by atoms with E-state index in [1.165, 1.54) is 11.3 Å². The molecule has 0 aliphatic heterocycles. The van der Waals surface area contributed by atoms with Crippen molar-refractivity contribution in [3.63, 3.8) is 0 Å². The van der Waals surface area contributed by atoms with Crippen LogP contribution in [0.4, 0.5) is 0 Å².